The summed E-state index contributed by atoms with van der Waals surface area (Å²) >= 11 is 0. The molecule has 1 aromatic carbocycles. The fraction of sp³-hybridized carbons (Fsp3) is 0.571. The van der Waals surface area contributed by atoms with E-state index in [0.29, 0.717) is 11.3 Å². The van der Waals surface area contributed by atoms with Crippen LogP contribution in [0.15, 0.2) is 18.2 Å². The van der Waals surface area contributed by atoms with Crippen LogP contribution in [0.2, 0.25) is 0 Å². The number of nitrogens with two attached hydrogens (primary N) is 1. The molecule has 0 spiro atoms. The Morgan fingerprint density at radius 2 is 2.13 bits per heavy atom. The summed E-state index contributed by atoms with van der Waals surface area (Å²) in [5.41, 5.74) is 10.5. The molecule has 1 unspecified atom stereocenters. The van der Waals surface area contributed by atoms with E-state index in [4.69, 9.17) is 5.73 Å². The van der Waals surface area contributed by atoms with Crippen molar-refractivity contribution in [3.8, 4) is 0 Å². The van der Waals surface area contributed by atoms with Crippen molar-refractivity contribution in [1.82, 2.24) is 0 Å². The molecule has 0 amide bonds. The fourth-order valence-electron chi connectivity index (χ4n) is 2.68. The highest BCUT2D eigenvalue weighted by Gasteiger charge is 2.31. The standard InChI is InChI=1S/C14H21N/c1-10-4-5-12-11(9-15)6-7-14(2,3)13(12)8-10/h4-5,8,11H,6-7,9,15H2,1-3H3. The number of hydrogen-bond donors (Lipinski definition) is 1. The molecule has 0 aromatic heterocycles. The fourth-order valence-corrected chi connectivity index (χ4v) is 2.68. The number of hydrogen-bond acceptors (Lipinski definition) is 1. The first-order valence-corrected chi connectivity index (χ1v) is 5.86. The molecular weight excluding hydrogens is 182 g/mol. The lowest BCUT2D eigenvalue weighted by Gasteiger charge is -2.37. The molecule has 0 fully saturated rings. The molecular formula is C14H21N. The van der Waals surface area contributed by atoms with Gasteiger partial charge in [0.1, 0.15) is 0 Å². The van der Waals surface area contributed by atoms with E-state index in [-0.39, 0.29) is 0 Å². The van der Waals surface area contributed by atoms with Crippen LogP contribution in [0.4, 0.5) is 0 Å². The van der Waals surface area contributed by atoms with Crippen LogP contribution in [-0.4, -0.2) is 6.54 Å². The van der Waals surface area contributed by atoms with Crippen LogP contribution in [0, 0.1) is 6.92 Å². The Morgan fingerprint density at radius 3 is 2.80 bits per heavy atom. The van der Waals surface area contributed by atoms with Crippen LogP contribution in [0.1, 0.15) is 49.3 Å². The second-order valence-electron chi connectivity index (χ2n) is 5.45. The zero-order chi connectivity index (χ0) is 11.1. The third-order valence-electron chi connectivity index (χ3n) is 3.78. The summed E-state index contributed by atoms with van der Waals surface area (Å²) < 4.78 is 0. The molecule has 1 heteroatoms. The quantitative estimate of drug-likeness (QED) is 0.745. The van der Waals surface area contributed by atoms with Crippen LogP contribution in [0.25, 0.3) is 0 Å². The zero-order valence-electron chi connectivity index (χ0n) is 10.0. The van der Waals surface area contributed by atoms with Crippen LogP contribution in [0.5, 0.6) is 0 Å². The second-order valence-corrected chi connectivity index (χ2v) is 5.45. The average Bonchev–Trinajstić information content (AvgIpc) is 2.19. The van der Waals surface area contributed by atoms with Gasteiger partial charge in [0.25, 0.3) is 0 Å². The lowest BCUT2D eigenvalue weighted by atomic mass is 9.68. The Balaban J connectivity index is 2.53. The largest absolute Gasteiger partial charge is 0.330 e. The summed E-state index contributed by atoms with van der Waals surface area (Å²) in [5.74, 6) is 0.577. The van der Waals surface area contributed by atoms with Crippen molar-refractivity contribution < 1.29 is 0 Å². The number of rotatable bonds is 1. The molecule has 82 valence electrons. The smallest absolute Gasteiger partial charge is 0.000813 e. The van der Waals surface area contributed by atoms with E-state index in [1.165, 1.54) is 29.5 Å². The molecule has 0 radical (unpaired) electrons. The Morgan fingerprint density at radius 1 is 1.40 bits per heavy atom. The van der Waals surface area contributed by atoms with Gasteiger partial charge in [0.2, 0.25) is 0 Å². The van der Waals surface area contributed by atoms with Crippen molar-refractivity contribution in [2.24, 2.45) is 5.73 Å². The van der Waals surface area contributed by atoms with E-state index in [0.717, 1.165) is 6.54 Å². The van der Waals surface area contributed by atoms with Gasteiger partial charge in [-0.15, -0.1) is 0 Å². The van der Waals surface area contributed by atoms with Gasteiger partial charge in [0.05, 0.1) is 0 Å². The van der Waals surface area contributed by atoms with Crippen LogP contribution in [0.3, 0.4) is 0 Å². The molecule has 1 nitrogen and oxygen atoms in total. The summed E-state index contributed by atoms with van der Waals surface area (Å²) in [5, 5.41) is 0. The predicted octanol–water partition coefficient (Wildman–Crippen LogP) is 3.11. The van der Waals surface area contributed by atoms with Crippen molar-refractivity contribution in [2.75, 3.05) is 6.54 Å². The molecule has 2 rings (SSSR count). The van der Waals surface area contributed by atoms with Gasteiger partial charge in [-0.05, 0) is 48.8 Å². The molecule has 1 aliphatic carbocycles. The zero-order valence-corrected chi connectivity index (χ0v) is 10.0. The first kappa shape index (κ1) is 10.7. The van der Waals surface area contributed by atoms with Gasteiger partial charge in [0, 0.05) is 0 Å². The topological polar surface area (TPSA) is 26.0 Å². The van der Waals surface area contributed by atoms with Crippen molar-refractivity contribution in [1.29, 1.82) is 0 Å². The van der Waals surface area contributed by atoms with Gasteiger partial charge < -0.3 is 5.73 Å². The highest BCUT2D eigenvalue weighted by Crippen LogP contribution is 2.42. The summed E-state index contributed by atoms with van der Waals surface area (Å²) in [6.45, 7) is 7.64. The lowest BCUT2D eigenvalue weighted by molar-refractivity contribution is 0.394. The van der Waals surface area contributed by atoms with Crippen molar-refractivity contribution in [2.45, 2.75) is 44.9 Å². The summed E-state index contributed by atoms with van der Waals surface area (Å²) in [6, 6.07) is 6.84. The molecule has 1 aromatic rings. The second kappa shape index (κ2) is 3.64. The van der Waals surface area contributed by atoms with E-state index in [9.17, 15) is 0 Å². The van der Waals surface area contributed by atoms with Gasteiger partial charge in [-0.1, -0.05) is 37.6 Å². The minimum atomic E-state index is 0.326. The SMILES string of the molecule is Cc1ccc2c(c1)C(C)(C)CCC2CN. The number of fused-ring (bicyclic) bond motifs is 1. The van der Waals surface area contributed by atoms with E-state index < -0.39 is 0 Å². The molecule has 0 aliphatic heterocycles. The van der Waals surface area contributed by atoms with E-state index in [1.807, 2.05) is 0 Å². The minimum absolute atomic E-state index is 0.326. The predicted molar refractivity (Wildman–Crippen MR) is 65.2 cm³/mol. The lowest BCUT2D eigenvalue weighted by Crippen LogP contribution is -2.29. The first-order chi connectivity index (χ1) is 7.04. The van der Waals surface area contributed by atoms with Crippen molar-refractivity contribution in [3.63, 3.8) is 0 Å². The van der Waals surface area contributed by atoms with Gasteiger partial charge in [-0.3, -0.25) is 0 Å². The molecule has 1 aliphatic rings. The van der Waals surface area contributed by atoms with Gasteiger partial charge in [0.15, 0.2) is 0 Å². The van der Waals surface area contributed by atoms with Crippen LogP contribution in [-0.2, 0) is 5.41 Å². The Kier molecular flexibility index (Phi) is 2.59. The molecule has 0 heterocycles. The molecule has 2 N–H and O–H groups in total. The minimum Gasteiger partial charge on any atom is -0.330 e. The van der Waals surface area contributed by atoms with Crippen molar-refractivity contribution in [3.05, 3.63) is 34.9 Å². The Hall–Kier alpha value is -0.820. The maximum Gasteiger partial charge on any atom is -0.000813 e. The van der Waals surface area contributed by atoms with E-state index >= 15 is 0 Å². The summed E-state index contributed by atoms with van der Waals surface area (Å²) in [7, 11) is 0. The summed E-state index contributed by atoms with van der Waals surface area (Å²) in [4.78, 5) is 0. The molecule has 0 saturated heterocycles. The van der Waals surface area contributed by atoms with Crippen molar-refractivity contribution >= 4 is 0 Å². The highest BCUT2D eigenvalue weighted by molar-refractivity contribution is 5.41. The number of benzene rings is 1. The van der Waals surface area contributed by atoms with Crippen LogP contribution < -0.4 is 5.73 Å². The highest BCUT2D eigenvalue weighted by atomic mass is 14.6. The molecule has 15 heavy (non-hydrogen) atoms. The molecule has 0 saturated carbocycles. The average molecular weight is 203 g/mol. The van der Waals surface area contributed by atoms with Gasteiger partial charge in [-0.25, -0.2) is 0 Å². The number of aryl methyl sites for hydroxylation is 1. The Bertz CT molecular complexity index is 366. The van der Waals surface area contributed by atoms with E-state index in [2.05, 4.69) is 39.0 Å². The Labute approximate surface area is 92.7 Å². The van der Waals surface area contributed by atoms with Gasteiger partial charge in [-0.2, -0.15) is 0 Å². The first-order valence-electron chi connectivity index (χ1n) is 5.86. The van der Waals surface area contributed by atoms with Gasteiger partial charge >= 0.3 is 0 Å². The molecule has 0 bridgehead atoms. The normalized spacial score (nSPS) is 23.6. The maximum atomic E-state index is 5.84. The van der Waals surface area contributed by atoms with Crippen LogP contribution >= 0.6 is 0 Å². The molecule has 1 atom stereocenters. The third kappa shape index (κ3) is 1.81. The maximum absolute atomic E-state index is 5.84. The third-order valence-corrected chi connectivity index (χ3v) is 3.78. The van der Waals surface area contributed by atoms with E-state index in [1.54, 1.807) is 0 Å². The monoisotopic (exact) mass is 203 g/mol. The summed E-state index contributed by atoms with van der Waals surface area (Å²) in [6.07, 6.45) is 2.49.